The Kier molecular flexibility index (Phi) is 5.78. The minimum absolute atomic E-state index is 0.592. The quantitative estimate of drug-likeness (QED) is 0.185. The highest BCUT2D eigenvalue weighted by molar-refractivity contribution is 6.19. The first-order valence-electron chi connectivity index (χ1n) is 18.1. The van der Waals surface area contributed by atoms with Crippen LogP contribution < -0.4 is 0 Å². The number of hydrogen-bond donors (Lipinski definition) is 0. The molecule has 0 atom stereocenters. The molecule has 0 unspecified atom stereocenters. The molecule has 0 N–H and O–H groups in total. The van der Waals surface area contributed by atoms with Gasteiger partial charge < -0.3 is 18.0 Å². The molecule has 0 aliphatic carbocycles. The molecule has 5 heteroatoms. The summed E-state index contributed by atoms with van der Waals surface area (Å²) >= 11 is 0. The van der Waals surface area contributed by atoms with E-state index in [0.717, 1.165) is 99.2 Å². The average Bonchev–Trinajstić information content (AvgIpc) is 3.96. The second-order valence-electron chi connectivity index (χ2n) is 14.0. The molecule has 12 aromatic rings. The Balaban J connectivity index is 1.12. The van der Waals surface area contributed by atoms with E-state index in [1.807, 2.05) is 42.5 Å². The summed E-state index contributed by atoms with van der Waals surface area (Å²) < 4.78 is 17.4. The fourth-order valence-corrected chi connectivity index (χ4v) is 8.81. The minimum Gasteiger partial charge on any atom is -0.456 e. The third-order valence-corrected chi connectivity index (χ3v) is 11.1. The van der Waals surface area contributed by atoms with Crippen molar-refractivity contribution < 1.29 is 8.83 Å². The molecule has 0 saturated carbocycles. The van der Waals surface area contributed by atoms with Gasteiger partial charge in [-0.3, -0.25) is 0 Å². The molecule has 0 spiro atoms. The van der Waals surface area contributed by atoms with Crippen LogP contribution >= 0.6 is 0 Å². The number of nitrogens with zero attached hydrogens (tertiary/aromatic N) is 3. The lowest BCUT2D eigenvalue weighted by atomic mass is 9.99. The number of para-hydroxylation sites is 5. The summed E-state index contributed by atoms with van der Waals surface area (Å²) in [4.78, 5) is 0. The van der Waals surface area contributed by atoms with E-state index in [1.54, 1.807) is 0 Å². The van der Waals surface area contributed by atoms with Gasteiger partial charge in [-0.15, -0.1) is 0 Å². The lowest BCUT2D eigenvalue weighted by molar-refractivity contribution is 0.669. The first kappa shape index (κ1) is 29.1. The Labute approximate surface area is 307 Å². The molecular formula is C49H27N3O2. The molecule has 0 amide bonds. The van der Waals surface area contributed by atoms with E-state index in [-0.39, 0.29) is 0 Å². The molecule has 5 nitrogen and oxygen atoms in total. The average molecular weight is 690 g/mol. The zero-order valence-electron chi connectivity index (χ0n) is 28.7. The highest BCUT2D eigenvalue weighted by Gasteiger charge is 2.22. The second-order valence-corrected chi connectivity index (χ2v) is 14.0. The van der Waals surface area contributed by atoms with E-state index in [9.17, 15) is 5.26 Å². The van der Waals surface area contributed by atoms with Crippen molar-refractivity contribution in [3.8, 4) is 28.6 Å². The summed E-state index contributed by atoms with van der Waals surface area (Å²) in [7, 11) is 0. The molecule has 0 aliphatic rings. The standard InChI is InChI=1S/C49H27N3O2/c50-28-30-12-10-18-32(49(30)52-42-20-6-2-15-34(42)38-25-40-36-17-4-8-22-46(36)54-48(40)27-44(38)52)29-11-9-13-31(23-29)51-41-19-5-1-14-33(41)37-24-39-35-16-3-7-21-45(35)53-47(39)26-43(37)51/h1-27H. The summed E-state index contributed by atoms with van der Waals surface area (Å²) in [6, 6.07) is 59.4. The number of nitriles is 1. The summed E-state index contributed by atoms with van der Waals surface area (Å²) in [5.74, 6) is 0. The zero-order valence-corrected chi connectivity index (χ0v) is 28.7. The first-order valence-corrected chi connectivity index (χ1v) is 18.1. The Bertz CT molecular complexity index is 3590. The van der Waals surface area contributed by atoms with Crippen molar-refractivity contribution >= 4 is 87.5 Å². The van der Waals surface area contributed by atoms with Gasteiger partial charge in [-0.1, -0.05) is 97.1 Å². The molecule has 0 bridgehead atoms. The van der Waals surface area contributed by atoms with Crippen LogP contribution in [0.1, 0.15) is 5.56 Å². The van der Waals surface area contributed by atoms with Gasteiger partial charge in [0.2, 0.25) is 0 Å². The van der Waals surface area contributed by atoms with Crippen molar-refractivity contribution in [3.05, 3.63) is 169 Å². The number of benzene rings is 8. The summed E-state index contributed by atoms with van der Waals surface area (Å²) in [5, 5.41) is 19.7. The first-order chi connectivity index (χ1) is 26.7. The van der Waals surface area contributed by atoms with Gasteiger partial charge in [-0.25, -0.2) is 0 Å². The number of hydrogen-bond acceptors (Lipinski definition) is 3. The smallest absolute Gasteiger partial charge is 0.137 e. The lowest BCUT2D eigenvalue weighted by Gasteiger charge is -2.17. The van der Waals surface area contributed by atoms with Crippen LogP contribution in [0.2, 0.25) is 0 Å². The van der Waals surface area contributed by atoms with Crippen LogP contribution in [0.5, 0.6) is 0 Å². The highest BCUT2D eigenvalue weighted by atomic mass is 16.3. The van der Waals surface area contributed by atoms with E-state index < -0.39 is 0 Å². The molecule has 0 radical (unpaired) electrons. The maximum absolute atomic E-state index is 10.7. The van der Waals surface area contributed by atoms with Crippen LogP contribution in [0, 0.1) is 11.3 Å². The predicted octanol–water partition coefficient (Wildman–Crippen LogP) is 13.2. The Morgan fingerprint density at radius 1 is 0.389 bits per heavy atom. The van der Waals surface area contributed by atoms with Gasteiger partial charge in [0.05, 0.1) is 33.3 Å². The number of rotatable bonds is 3. The summed E-state index contributed by atoms with van der Waals surface area (Å²) in [6.45, 7) is 0. The van der Waals surface area contributed by atoms with Crippen LogP contribution in [-0.4, -0.2) is 9.13 Å². The van der Waals surface area contributed by atoms with E-state index in [1.165, 1.54) is 10.8 Å². The Morgan fingerprint density at radius 3 is 1.56 bits per heavy atom. The van der Waals surface area contributed by atoms with Crippen LogP contribution in [0.15, 0.2) is 173 Å². The maximum atomic E-state index is 10.7. The second kappa shape index (κ2) is 10.7. The van der Waals surface area contributed by atoms with E-state index in [4.69, 9.17) is 8.83 Å². The van der Waals surface area contributed by atoms with Gasteiger partial charge in [-0.2, -0.15) is 5.26 Å². The van der Waals surface area contributed by atoms with E-state index in [2.05, 4.69) is 137 Å². The third kappa shape index (κ3) is 3.91. The van der Waals surface area contributed by atoms with Gasteiger partial charge >= 0.3 is 0 Å². The fourth-order valence-electron chi connectivity index (χ4n) is 8.81. The van der Waals surface area contributed by atoms with Gasteiger partial charge in [0.25, 0.3) is 0 Å². The molecule has 54 heavy (non-hydrogen) atoms. The lowest BCUT2D eigenvalue weighted by Crippen LogP contribution is -2.01. The molecule has 4 aromatic heterocycles. The maximum Gasteiger partial charge on any atom is 0.137 e. The number of aromatic nitrogens is 2. The monoisotopic (exact) mass is 689 g/mol. The SMILES string of the molecule is N#Cc1cccc(-c2cccc(-n3c4ccccc4c4cc5c(cc43)oc3ccccc35)c2)c1-n1c2ccccc2c2cc3c(cc21)oc1ccccc13. The molecular weight excluding hydrogens is 663 g/mol. The van der Waals surface area contributed by atoms with E-state index >= 15 is 0 Å². The van der Waals surface area contributed by atoms with Gasteiger partial charge in [0.1, 0.15) is 28.4 Å². The van der Waals surface area contributed by atoms with Crippen molar-refractivity contribution in [2.45, 2.75) is 0 Å². The molecule has 0 fully saturated rings. The number of fused-ring (bicyclic) bond motifs is 12. The summed E-state index contributed by atoms with van der Waals surface area (Å²) in [6.07, 6.45) is 0. The van der Waals surface area contributed by atoms with Crippen LogP contribution in [0.25, 0.3) is 110 Å². The van der Waals surface area contributed by atoms with Crippen molar-refractivity contribution in [1.82, 2.24) is 9.13 Å². The Morgan fingerprint density at radius 2 is 0.926 bits per heavy atom. The highest BCUT2D eigenvalue weighted by Crippen LogP contribution is 2.43. The largest absolute Gasteiger partial charge is 0.456 e. The topological polar surface area (TPSA) is 59.9 Å². The molecule has 8 aromatic carbocycles. The van der Waals surface area contributed by atoms with Gasteiger partial charge in [0.15, 0.2) is 0 Å². The van der Waals surface area contributed by atoms with Crippen molar-refractivity contribution in [3.63, 3.8) is 0 Å². The summed E-state index contributed by atoms with van der Waals surface area (Å²) in [5.41, 5.74) is 12.0. The van der Waals surface area contributed by atoms with E-state index in [0.29, 0.717) is 5.56 Å². The van der Waals surface area contributed by atoms with Crippen LogP contribution in [-0.2, 0) is 0 Å². The van der Waals surface area contributed by atoms with Gasteiger partial charge in [0, 0.05) is 66.5 Å². The van der Waals surface area contributed by atoms with Gasteiger partial charge in [-0.05, 0) is 60.2 Å². The van der Waals surface area contributed by atoms with Crippen LogP contribution in [0.4, 0.5) is 0 Å². The fraction of sp³-hybridized carbons (Fsp3) is 0. The molecule has 0 aliphatic heterocycles. The normalized spacial score (nSPS) is 12.1. The molecule has 250 valence electrons. The zero-order chi connectivity index (χ0) is 35.5. The Hall–Kier alpha value is -7.55. The minimum atomic E-state index is 0.592. The third-order valence-electron chi connectivity index (χ3n) is 11.1. The van der Waals surface area contributed by atoms with Crippen molar-refractivity contribution in [2.24, 2.45) is 0 Å². The van der Waals surface area contributed by atoms with Crippen molar-refractivity contribution in [1.29, 1.82) is 5.26 Å². The number of furan rings is 2. The molecule has 4 heterocycles. The van der Waals surface area contributed by atoms with Crippen LogP contribution in [0.3, 0.4) is 0 Å². The van der Waals surface area contributed by atoms with Crippen molar-refractivity contribution in [2.75, 3.05) is 0 Å². The predicted molar refractivity (Wildman–Crippen MR) is 220 cm³/mol. The molecule has 0 saturated heterocycles. The molecule has 12 rings (SSSR count).